The molecule has 1 saturated carbocycles. The Balaban J connectivity index is 1.47. The topological polar surface area (TPSA) is 77.2 Å². The van der Waals surface area contributed by atoms with Crippen LogP contribution < -0.4 is 10.1 Å². The van der Waals surface area contributed by atoms with E-state index in [9.17, 15) is 4.79 Å². The van der Waals surface area contributed by atoms with E-state index in [1.54, 1.807) is 18.4 Å². The second kappa shape index (κ2) is 7.75. The van der Waals surface area contributed by atoms with Crippen LogP contribution in [0, 0.1) is 6.92 Å². The van der Waals surface area contributed by atoms with E-state index in [1.807, 2.05) is 43.3 Å². The Morgan fingerprint density at radius 3 is 2.57 bits per heavy atom. The SMILES string of the molecule is COc1ccc(C2(C(=O)NCc3nnc(-c4ccc(C)s4)o3)CCCC2)cc1. The average Bonchev–Trinajstić information content (AvgIpc) is 3.47. The van der Waals surface area contributed by atoms with Crippen molar-refractivity contribution >= 4 is 17.2 Å². The predicted molar refractivity (Wildman–Crippen MR) is 107 cm³/mol. The van der Waals surface area contributed by atoms with Crippen molar-refractivity contribution in [2.45, 2.75) is 44.6 Å². The minimum absolute atomic E-state index is 0.0156. The van der Waals surface area contributed by atoms with Gasteiger partial charge in [-0.25, -0.2) is 0 Å². The number of ether oxygens (including phenoxy) is 1. The summed E-state index contributed by atoms with van der Waals surface area (Å²) in [5, 5.41) is 11.2. The van der Waals surface area contributed by atoms with Crippen molar-refractivity contribution in [2.75, 3.05) is 7.11 Å². The molecule has 1 aliphatic rings. The molecule has 1 aromatic carbocycles. The van der Waals surface area contributed by atoms with Crippen LogP contribution in [0.2, 0.25) is 0 Å². The number of aromatic nitrogens is 2. The van der Waals surface area contributed by atoms with Gasteiger partial charge in [0.25, 0.3) is 5.89 Å². The van der Waals surface area contributed by atoms with Crippen LogP contribution in [-0.2, 0) is 16.8 Å². The lowest BCUT2D eigenvalue weighted by molar-refractivity contribution is -0.126. The lowest BCUT2D eigenvalue weighted by atomic mass is 9.78. The van der Waals surface area contributed by atoms with Gasteiger partial charge in [-0.3, -0.25) is 4.79 Å². The number of carbonyl (C=O) groups excluding carboxylic acids is 1. The van der Waals surface area contributed by atoms with Gasteiger partial charge in [0.05, 0.1) is 23.9 Å². The van der Waals surface area contributed by atoms with Gasteiger partial charge in [0, 0.05) is 4.88 Å². The number of aryl methyl sites for hydroxylation is 1. The Morgan fingerprint density at radius 1 is 1.18 bits per heavy atom. The summed E-state index contributed by atoms with van der Waals surface area (Å²) in [7, 11) is 1.64. The van der Waals surface area contributed by atoms with Crippen LogP contribution in [0.15, 0.2) is 40.8 Å². The Hall–Kier alpha value is -2.67. The first-order chi connectivity index (χ1) is 13.6. The molecule has 1 N–H and O–H groups in total. The summed E-state index contributed by atoms with van der Waals surface area (Å²) in [5.41, 5.74) is 0.531. The average molecular weight is 398 g/mol. The number of thiophene rings is 1. The normalized spacial score (nSPS) is 15.5. The van der Waals surface area contributed by atoms with Crippen molar-refractivity contribution < 1.29 is 13.9 Å². The van der Waals surface area contributed by atoms with Crippen LogP contribution in [0.25, 0.3) is 10.8 Å². The van der Waals surface area contributed by atoms with Crippen LogP contribution >= 0.6 is 11.3 Å². The summed E-state index contributed by atoms with van der Waals surface area (Å²) in [6.45, 7) is 2.26. The van der Waals surface area contributed by atoms with Gasteiger partial charge in [0.2, 0.25) is 11.8 Å². The van der Waals surface area contributed by atoms with Crippen molar-refractivity contribution in [2.24, 2.45) is 0 Å². The molecule has 1 aliphatic carbocycles. The van der Waals surface area contributed by atoms with Crippen LogP contribution in [0.5, 0.6) is 5.75 Å². The van der Waals surface area contributed by atoms with Crippen molar-refractivity contribution in [1.29, 1.82) is 0 Å². The van der Waals surface area contributed by atoms with Gasteiger partial charge in [0.15, 0.2) is 0 Å². The second-order valence-corrected chi connectivity index (χ2v) is 8.40. The first-order valence-corrected chi connectivity index (χ1v) is 10.2. The van der Waals surface area contributed by atoms with E-state index in [0.717, 1.165) is 41.9 Å². The minimum atomic E-state index is -0.500. The number of hydrogen-bond acceptors (Lipinski definition) is 6. The third kappa shape index (κ3) is 3.54. The van der Waals surface area contributed by atoms with E-state index >= 15 is 0 Å². The molecule has 28 heavy (non-hydrogen) atoms. The van der Waals surface area contributed by atoms with E-state index in [4.69, 9.17) is 9.15 Å². The van der Waals surface area contributed by atoms with Gasteiger partial charge in [0.1, 0.15) is 5.75 Å². The standard InChI is InChI=1S/C21H23N3O3S/c1-14-5-10-17(28-14)19-24-23-18(27-19)13-22-20(25)21(11-3-4-12-21)15-6-8-16(26-2)9-7-15/h5-10H,3-4,11-13H2,1-2H3,(H,22,25). The number of nitrogens with one attached hydrogen (secondary N) is 1. The number of carbonyl (C=O) groups is 1. The monoisotopic (exact) mass is 397 g/mol. The molecule has 0 atom stereocenters. The van der Waals surface area contributed by atoms with E-state index < -0.39 is 5.41 Å². The first-order valence-electron chi connectivity index (χ1n) is 9.43. The third-order valence-electron chi connectivity index (χ3n) is 5.35. The highest BCUT2D eigenvalue weighted by molar-refractivity contribution is 7.15. The molecule has 3 aromatic rings. The lowest BCUT2D eigenvalue weighted by Crippen LogP contribution is -2.42. The lowest BCUT2D eigenvalue weighted by Gasteiger charge is -2.28. The molecule has 7 heteroatoms. The quantitative estimate of drug-likeness (QED) is 0.673. The molecule has 2 heterocycles. The van der Waals surface area contributed by atoms with Gasteiger partial charge < -0.3 is 14.5 Å². The number of benzene rings is 1. The van der Waals surface area contributed by atoms with Gasteiger partial charge in [-0.1, -0.05) is 25.0 Å². The number of hydrogen-bond donors (Lipinski definition) is 1. The molecule has 146 valence electrons. The minimum Gasteiger partial charge on any atom is -0.497 e. The zero-order chi connectivity index (χ0) is 19.6. The maximum Gasteiger partial charge on any atom is 0.257 e. The van der Waals surface area contributed by atoms with Gasteiger partial charge >= 0.3 is 0 Å². The largest absolute Gasteiger partial charge is 0.497 e. The summed E-state index contributed by atoms with van der Waals surface area (Å²) in [6, 6.07) is 11.8. The maximum absolute atomic E-state index is 13.1. The Morgan fingerprint density at radius 2 is 1.93 bits per heavy atom. The summed E-state index contributed by atoms with van der Waals surface area (Å²) in [6.07, 6.45) is 3.77. The maximum atomic E-state index is 13.1. The predicted octanol–water partition coefficient (Wildman–Crippen LogP) is 4.24. The molecule has 1 amide bonds. The van der Waals surface area contributed by atoms with E-state index in [-0.39, 0.29) is 12.5 Å². The summed E-state index contributed by atoms with van der Waals surface area (Å²) in [4.78, 5) is 15.3. The first kappa shape index (κ1) is 18.7. The highest BCUT2D eigenvalue weighted by atomic mass is 32.1. The molecule has 0 radical (unpaired) electrons. The smallest absolute Gasteiger partial charge is 0.257 e. The number of nitrogens with zero attached hydrogens (tertiary/aromatic N) is 2. The van der Waals surface area contributed by atoms with E-state index in [0.29, 0.717) is 11.8 Å². The summed E-state index contributed by atoms with van der Waals surface area (Å²) in [5.74, 6) is 1.71. The number of methoxy groups -OCH3 is 1. The Kier molecular flexibility index (Phi) is 5.17. The summed E-state index contributed by atoms with van der Waals surface area (Å²) >= 11 is 1.60. The van der Waals surface area contributed by atoms with Crippen molar-refractivity contribution in [3.05, 3.63) is 52.7 Å². The number of rotatable bonds is 6. The zero-order valence-electron chi connectivity index (χ0n) is 16.0. The highest BCUT2D eigenvalue weighted by Crippen LogP contribution is 2.42. The fourth-order valence-corrected chi connectivity index (χ4v) is 4.62. The second-order valence-electron chi connectivity index (χ2n) is 7.11. The van der Waals surface area contributed by atoms with Crippen LogP contribution in [-0.4, -0.2) is 23.2 Å². The molecular weight excluding hydrogens is 374 g/mol. The van der Waals surface area contributed by atoms with Gasteiger partial charge in [-0.05, 0) is 49.6 Å². The summed E-state index contributed by atoms with van der Waals surface area (Å²) < 4.78 is 11.0. The fraction of sp³-hybridized carbons (Fsp3) is 0.381. The van der Waals surface area contributed by atoms with Crippen molar-refractivity contribution in [3.8, 4) is 16.5 Å². The highest BCUT2D eigenvalue weighted by Gasteiger charge is 2.42. The molecule has 0 aliphatic heterocycles. The molecule has 0 bridgehead atoms. The Labute approximate surface area is 167 Å². The molecular formula is C21H23N3O3S. The molecule has 0 spiro atoms. The molecule has 0 saturated heterocycles. The Bertz CT molecular complexity index is 955. The van der Waals surface area contributed by atoms with Gasteiger partial charge in [-0.2, -0.15) is 0 Å². The van der Waals surface area contributed by atoms with Gasteiger partial charge in [-0.15, -0.1) is 21.5 Å². The van der Waals surface area contributed by atoms with Crippen molar-refractivity contribution in [3.63, 3.8) is 0 Å². The van der Waals surface area contributed by atoms with Crippen LogP contribution in [0.4, 0.5) is 0 Å². The van der Waals surface area contributed by atoms with E-state index in [2.05, 4.69) is 15.5 Å². The third-order valence-corrected chi connectivity index (χ3v) is 6.34. The van der Waals surface area contributed by atoms with Crippen LogP contribution in [0.1, 0.15) is 42.0 Å². The molecule has 6 nitrogen and oxygen atoms in total. The zero-order valence-corrected chi connectivity index (χ0v) is 16.8. The van der Waals surface area contributed by atoms with Crippen LogP contribution in [0.3, 0.4) is 0 Å². The van der Waals surface area contributed by atoms with E-state index in [1.165, 1.54) is 4.88 Å². The van der Waals surface area contributed by atoms with Crippen molar-refractivity contribution in [1.82, 2.24) is 15.5 Å². The molecule has 2 aromatic heterocycles. The molecule has 4 rings (SSSR count). The molecule has 1 fully saturated rings. The fourth-order valence-electron chi connectivity index (χ4n) is 3.83. The molecule has 0 unspecified atom stereocenters. The number of amides is 1.